The third kappa shape index (κ3) is 5.32. The van der Waals surface area contributed by atoms with Gasteiger partial charge in [0.2, 0.25) is 0 Å². The molecule has 2 N–H and O–H groups in total. The lowest BCUT2D eigenvalue weighted by Crippen LogP contribution is -2.57. The zero-order valence-corrected chi connectivity index (χ0v) is 17.9. The Balaban J connectivity index is 0.000000913. The Morgan fingerprint density at radius 3 is 2.50 bits per heavy atom. The molecule has 32 heavy (non-hydrogen) atoms. The minimum atomic E-state index is -0.893. The molecular formula is C22H27N3O7. The van der Waals surface area contributed by atoms with E-state index in [1.807, 2.05) is 12.1 Å². The Bertz CT molecular complexity index is 885. The van der Waals surface area contributed by atoms with Gasteiger partial charge in [0.15, 0.2) is 12.2 Å². The highest BCUT2D eigenvalue weighted by Gasteiger charge is 2.43. The maximum absolute atomic E-state index is 12.9. The summed E-state index contributed by atoms with van der Waals surface area (Å²) in [5.41, 5.74) is 0.574. The first kappa shape index (κ1) is 23.4. The SMILES string of the molecule is COC1(C(=O)NC2CCOC2)CCN(C(=O)c2ccc(-c3cnco3)cc2)CC1.O=CO. The second kappa shape index (κ2) is 10.9. The fourth-order valence-electron chi connectivity index (χ4n) is 3.88. The Kier molecular flexibility index (Phi) is 7.96. The highest BCUT2D eigenvalue weighted by atomic mass is 16.5. The van der Waals surface area contributed by atoms with Crippen LogP contribution in [0.3, 0.4) is 0 Å². The van der Waals surface area contributed by atoms with E-state index < -0.39 is 5.60 Å². The molecule has 3 heterocycles. The summed E-state index contributed by atoms with van der Waals surface area (Å²) < 4.78 is 16.2. The first-order valence-corrected chi connectivity index (χ1v) is 10.3. The van der Waals surface area contributed by atoms with Gasteiger partial charge >= 0.3 is 0 Å². The summed E-state index contributed by atoms with van der Waals surface area (Å²) in [5, 5.41) is 9.92. The number of aromatic nitrogens is 1. The lowest BCUT2D eigenvalue weighted by molar-refractivity contribution is -0.149. The molecule has 1 aromatic carbocycles. The Morgan fingerprint density at radius 1 is 1.28 bits per heavy atom. The number of carbonyl (C=O) groups excluding carboxylic acids is 2. The van der Waals surface area contributed by atoms with Crippen LogP contribution in [0, 0.1) is 0 Å². The summed E-state index contributed by atoms with van der Waals surface area (Å²) in [5.74, 6) is 0.493. The molecular weight excluding hydrogens is 418 g/mol. The fourth-order valence-corrected chi connectivity index (χ4v) is 3.88. The van der Waals surface area contributed by atoms with Crippen LogP contribution in [0.2, 0.25) is 0 Å². The molecule has 0 radical (unpaired) electrons. The normalized spacial score (nSPS) is 19.5. The zero-order chi connectivity index (χ0) is 23.0. The van der Waals surface area contributed by atoms with Crippen molar-refractivity contribution in [3.05, 3.63) is 42.4 Å². The Labute approximate surface area is 185 Å². The van der Waals surface area contributed by atoms with Crippen molar-refractivity contribution in [1.82, 2.24) is 15.2 Å². The van der Waals surface area contributed by atoms with Gasteiger partial charge in [0.25, 0.3) is 18.3 Å². The van der Waals surface area contributed by atoms with Gasteiger partial charge in [-0.15, -0.1) is 0 Å². The van der Waals surface area contributed by atoms with Crippen LogP contribution in [0.25, 0.3) is 11.3 Å². The third-order valence-corrected chi connectivity index (χ3v) is 5.78. The molecule has 10 nitrogen and oxygen atoms in total. The molecule has 2 amide bonds. The monoisotopic (exact) mass is 445 g/mol. The summed E-state index contributed by atoms with van der Waals surface area (Å²) in [6.07, 6.45) is 4.75. The quantitative estimate of drug-likeness (QED) is 0.663. The fraction of sp³-hybridized carbons (Fsp3) is 0.455. The van der Waals surface area contributed by atoms with Gasteiger partial charge in [-0.3, -0.25) is 14.4 Å². The second-order valence-corrected chi connectivity index (χ2v) is 7.57. The molecule has 1 atom stereocenters. The van der Waals surface area contributed by atoms with Crippen molar-refractivity contribution in [3.8, 4) is 11.3 Å². The highest BCUT2D eigenvalue weighted by Crippen LogP contribution is 2.28. The molecule has 1 unspecified atom stereocenters. The van der Waals surface area contributed by atoms with Crippen molar-refractivity contribution in [2.75, 3.05) is 33.4 Å². The molecule has 2 aromatic rings. The molecule has 2 fully saturated rings. The molecule has 0 bridgehead atoms. The molecule has 2 aliphatic rings. The van der Waals surface area contributed by atoms with E-state index in [0.717, 1.165) is 12.0 Å². The van der Waals surface area contributed by atoms with E-state index >= 15 is 0 Å². The van der Waals surface area contributed by atoms with Gasteiger partial charge in [-0.25, -0.2) is 4.98 Å². The van der Waals surface area contributed by atoms with E-state index in [9.17, 15) is 9.59 Å². The standard InChI is InChI=1S/C21H25N3O5.CH2O2/c1-27-21(20(26)23-17-6-11-28-13-17)7-9-24(10-8-21)19(25)16-4-2-15(3-5-16)18-12-22-14-29-18;2-1-3/h2-5,12,14,17H,6-11,13H2,1H3,(H,23,26);1H,(H,2,3). The highest BCUT2D eigenvalue weighted by molar-refractivity contribution is 5.95. The number of piperidine rings is 1. The van der Waals surface area contributed by atoms with Crippen molar-refractivity contribution in [3.63, 3.8) is 0 Å². The zero-order valence-electron chi connectivity index (χ0n) is 17.9. The number of likely N-dealkylation sites (tertiary alicyclic amines) is 1. The number of carbonyl (C=O) groups is 3. The molecule has 0 spiro atoms. The smallest absolute Gasteiger partial charge is 0.290 e. The van der Waals surface area contributed by atoms with E-state index in [1.54, 1.807) is 30.3 Å². The number of hydrogen-bond donors (Lipinski definition) is 2. The third-order valence-electron chi connectivity index (χ3n) is 5.78. The maximum Gasteiger partial charge on any atom is 0.290 e. The average Bonchev–Trinajstić information content (AvgIpc) is 3.54. The molecule has 0 aliphatic carbocycles. The van der Waals surface area contributed by atoms with Crippen molar-refractivity contribution in [2.24, 2.45) is 0 Å². The van der Waals surface area contributed by atoms with Gasteiger partial charge in [0, 0.05) is 50.8 Å². The number of hydrogen-bond acceptors (Lipinski definition) is 7. The summed E-state index contributed by atoms with van der Waals surface area (Å²) in [7, 11) is 1.56. The van der Waals surface area contributed by atoms with Gasteiger partial charge in [0.05, 0.1) is 18.8 Å². The number of rotatable bonds is 5. The minimum absolute atomic E-state index is 0.0389. The van der Waals surface area contributed by atoms with Crippen LogP contribution in [-0.4, -0.2) is 78.3 Å². The summed E-state index contributed by atoms with van der Waals surface area (Å²) >= 11 is 0. The van der Waals surface area contributed by atoms with E-state index in [1.165, 1.54) is 6.39 Å². The molecule has 1 aromatic heterocycles. The lowest BCUT2D eigenvalue weighted by Gasteiger charge is -2.40. The van der Waals surface area contributed by atoms with Gasteiger partial charge in [-0.2, -0.15) is 0 Å². The van der Waals surface area contributed by atoms with Crippen LogP contribution in [0.5, 0.6) is 0 Å². The number of oxazole rings is 1. The van der Waals surface area contributed by atoms with E-state index in [2.05, 4.69) is 10.3 Å². The van der Waals surface area contributed by atoms with E-state index in [4.69, 9.17) is 23.8 Å². The second-order valence-electron chi connectivity index (χ2n) is 7.57. The summed E-state index contributed by atoms with van der Waals surface area (Å²) in [6.45, 7) is 1.89. The number of methoxy groups -OCH3 is 1. The summed E-state index contributed by atoms with van der Waals surface area (Å²) in [6, 6.07) is 7.29. The van der Waals surface area contributed by atoms with Crippen molar-refractivity contribution in [1.29, 1.82) is 0 Å². The van der Waals surface area contributed by atoms with Crippen LogP contribution < -0.4 is 5.32 Å². The number of nitrogens with zero attached hydrogens (tertiary/aromatic N) is 2. The number of nitrogens with one attached hydrogen (secondary N) is 1. The number of carboxylic acid groups (broad SMARTS) is 1. The topological polar surface area (TPSA) is 131 Å². The van der Waals surface area contributed by atoms with Crippen LogP contribution in [0.4, 0.5) is 0 Å². The maximum atomic E-state index is 12.9. The van der Waals surface area contributed by atoms with Crippen molar-refractivity contribution in [2.45, 2.75) is 30.9 Å². The van der Waals surface area contributed by atoms with E-state index in [0.29, 0.717) is 50.5 Å². The van der Waals surface area contributed by atoms with Crippen LogP contribution in [-0.2, 0) is 19.1 Å². The van der Waals surface area contributed by atoms with Gasteiger partial charge < -0.3 is 29.2 Å². The largest absolute Gasteiger partial charge is 0.483 e. The van der Waals surface area contributed by atoms with Gasteiger partial charge in [-0.05, 0) is 18.6 Å². The molecule has 10 heteroatoms. The van der Waals surface area contributed by atoms with Crippen LogP contribution in [0.15, 0.2) is 41.3 Å². The predicted molar refractivity (Wildman–Crippen MR) is 113 cm³/mol. The minimum Gasteiger partial charge on any atom is -0.483 e. The molecule has 0 saturated carbocycles. The Morgan fingerprint density at radius 2 is 1.97 bits per heavy atom. The first-order valence-electron chi connectivity index (χ1n) is 10.3. The van der Waals surface area contributed by atoms with Crippen molar-refractivity contribution >= 4 is 18.3 Å². The number of ether oxygens (including phenoxy) is 2. The van der Waals surface area contributed by atoms with Gasteiger partial charge in [-0.1, -0.05) is 12.1 Å². The van der Waals surface area contributed by atoms with E-state index in [-0.39, 0.29) is 24.3 Å². The van der Waals surface area contributed by atoms with Crippen LogP contribution in [0.1, 0.15) is 29.6 Å². The van der Waals surface area contributed by atoms with Crippen molar-refractivity contribution < 1.29 is 33.4 Å². The van der Waals surface area contributed by atoms with Gasteiger partial charge in [0.1, 0.15) is 5.60 Å². The molecule has 172 valence electrons. The van der Waals surface area contributed by atoms with Crippen LogP contribution >= 0.6 is 0 Å². The average molecular weight is 445 g/mol. The lowest BCUT2D eigenvalue weighted by atomic mass is 9.89. The molecule has 2 saturated heterocycles. The predicted octanol–water partition coefficient (Wildman–Crippen LogP) is 1.57. The number of benzene rings is 1. The molecule has 4 rings (SSSR count). The number of amides is 2. The molecule has 2 aliphatic heterocycles. The first-order chi connectivity index (χ1) is 15.5. The summed E-state index contributed by atoms with van der Waals surface area (Å²) in [4.78, 5) is 39.7. The Hall–Kier alpha value is -3.24.